The molecule has 0 fully saturated rings. The van der Waals surface area contributed by atoms with Crippen LogP contribution in [0.5, 0.6) is 5.75 Å². The van der Waals surface area contributed by atoms with E-state index in [0.29, 0.717) is 0 Å². The summed E-state index contributed by atoms with van der Waals surface area (Å²) in [4.78, 5) is 11.8. The molecule has 0 heterocycles. The SMILES string of the molecule is CCC(C)C(=O)COc1ccc2ccccc2c1Br. The molecule has 19 heavy (non-hydrogen) atoms. The summed E-state index contributed by atoms with van der Waals surface area (Å²) in [5.41, 5.74) is 0. The summed E-state index contributed by atoms with van der Waals surface area (Å²) in [5.74, 6) is 0.914. The van der Waals surface area contributed by atoms with E-state index in [1.807, 2.05) is 50.2 Å². The Labute approximate surface area is 121 Å². The first-order valence-electron chi connectivity index (χ1n) is 6.46. The zero-order valence-corrected chi connectivity index (χ0v) is 12.7. The van der Waals surface area contributed by atoms with Gasteiger partial charge in [0.25, 0.3) is 0 Å². The minimum absolute atomic E-state index is 0.0548. The second kappa shape index (κ2) is 6.20. The van der Waals surface area contributed by atoms with Crippen molar-refractivity contribution in [2.24, 2.45) is 5.92 Å². The highest BCUT2D eigenvalue weighted by Gasteiger charge is 2.13. The molecule has 2 aromatic carbocycles. The number of rotatable bonds is 5. The average Bonchev–Trinajstić information content (AvgIpc) is 2.45. The number of halogens is 1. The van der Waals surface area contributed by atoms with Crippen molar-refractivity contribution in [2.45, 2.75) is 20.3 Å². The molecule has 0 aliphatic carbocycles. The molecule has 1 atom stereocenters. The molecule has 100 valence electrons. The van der Waals surface area contributed by atoms with Crippen LogP contribution < -0.4 is 4.74 Å². The van der Waals surface area contributed by atoms with Gasteiger partial charge in [0.1, 0.15) is 12.4 Å². The first kappa shape index (κ1) is 14.1. The fraction of sp³-hybridized carbons (Fsp3) is 0.312. The number of ether oxygens (including phenoxy) is 1. The Bertz CT molecular complexity index is 592. The molecular weight excluding hydrogens is 304 g/mol. The van der Waals surface area contributed by atoms with Gasteiger partial charge in [-0.3, -0.25) is 4.79 Å². The molecule has 2 aromatic rings. The Balaban J connectivity index is 2.18. The van der Waals surface area contributed by atoms with Gasteiger partial charge in [-0.2, -0.15) is 0 Å². The third-order valence-corrected chi connectivity index (χ3v) is 4.18. The number of benzene rings is 2. The van der Waals surface area contributed by atoms with Gasteiger partial charge in [-0.1, -0.05) is 44.2 Å². The van der Waals surface area contributed by atoms with Crippen LogP contribution in [0.1, 0.15) is 20.3 Å². The van der Waals surface area contributed by atoms with Gasteiger partial charge in [-0.05, 0) is 39.2 Å². The lowest BCUT2D eigenvalue weighted by molar-refractivity contribution is -0.124. The van der Waals surface area contributed by atoms with Crippen molar-refractivity contribution >= 4 is 32.5 Å². The van der Waals surface area contributed by atoms with E-state index in [-0.39, 0.29) is 18.3 Å². The van der Waals surface area contributed by atoms with Crippen LogP contribution in [0.4, 0.5) is 0 Å². The summed E-state index contributed by atoms with van der Waals surface area (Å²) in [6.45, 7) is 4.07. The van der Waals surface area contributed by atoms with Gasteiger partial charge >= 0.3 is 0 Å². The van der Waals surface area contributed by atoms with E-state index in [9.17, 15) is 4.79 Å². The van der Waals surface area contributed by atoms with Gasteiger partial charge in [0.05, 0.1) is 4.47 Å². The van der Waals surface area contributed by atoms with Gasteiger partial charge in [0, 0.05) is 5.92 Å². The van der Waals surface area contributed by atoms with E-state index in [1.165, 1.54) is 0 Å². The molecule has 0 N–H and O–H groups in total. The van der Waals surface area contributed by atoms with E-state index < -0.39 is 0 Å². The van der Waals surface area contributed by atoms with Crippen LogP contribution in [0.2, 0.25) is 0 Å². The molecule has 2 nitrogen and oxygen atoms in total. The molecule has 1 unspecified atom stereocenters. The monoisotopic (exact) mass is 320 g/mol. The molecule has 2 rings (SSSR count). The van der Waals surface area contributed by atoms with Crippen LogP contribution in [-0.2, 0) is 4.79 Å². The molecule has 0 aromatic heterocycles. The second-order valence-electron chi connectivity index (χ2n) is 4.66. The second-order valence-corrected chi connectivity index (χ2v) is 5.46. The summed E-state index contributed by atoms with van der Waals surface area (Å²) < 4.78 is 6.54. The molecule has 0 saturated carbocycles. The molecular formula is C16H17BrO2. The van der Waals surface area contributed by atoms with Gasteiger partial charge in [0.15, 0.2) is 5.78 Å². The molecule has 0 amide bonds. The minimum Gasteiger partial charge on any atom is -0.485 e. The molecule has 0 aliphatic rings. The predicted octanol–water partition coefficient (Wildman–Crippen LogP) is 4.60. The van der Waals surface area contributed by atoms with Gasteiger partial charge < -0.3 is 4.74 Å². The van der Waals surface area contributed by atoms with Crippen LogP contribution >= 0.6 is 15.9 Å². The Morgan fingerprint density at radius 2 is 2.00 bits per heavy atom. The number of ketones is 1. The van der Waals surface area contributed by atoms with E-state index >= 15 is 0 Å². The fourth-order valence-electron chi connectivity index (χ4n) is 1.84. The van der Waals surface area contributed by atoms with E-state index in [1.54, 1.807) is 0 Å². The third-order valence-electron chi connectivity index (χ3n) is 3.36. The normalized spacial score (nSPS) is 12.4. The summed E-state index contributed by atoms with van der Waals surface area (Å²) in [7, 11) is 0. The number of Topliss-reactive ketones (excluding diaryl/α,β-unsaturated/α-hetero) is 1. The van der Waals surface area contributed by atoms with E-state index in [4.69, 9.17) is 4.74 Å². The zero-order valence-electron chi connectivity index (χ0n) is 11.2. The fourth-order valence-corrected chi connectivity index (χ4v) is 2.45. The summed E-state index contributed by atoms with van der Waals surface area (Å²) in [6.07, 6.45) is 0.848. The summed E-state index contributed by atoms with van der Waals surface area (Å²) in [5, 5.41) is 2.24. The Kier molecular flexibility index (Phi) is 4.59. The van der Waals surface area contributed by atoms with Crippen molar-refractivity contribution in [1.82, 2.24) is 0 Å². The van der Waals surface area contributed by atoms with Gasteiger partial charge in [-0.15, -0.1) is 0 Å². The lowest BCUT2D eigenvalue weighted by atomic mass is 10.0. The molecule has 0 aliphatic heterocycles. The molecule has 0 spiro atoms. The first-order chi connectivity index (χ1) is 9.13. The molecule has 0 radical (unpaired) electrons. The van der Waals surface area contributed by atoms with E-state index in [2.05, 4.69) is 15.9 Å². The summed E-state index contributed by atoms with van der Waals surface area (Å²) in [6, 6.07) is 12.0. The van der Waals surface area contributed by atoms with Gasteiger partial charge in [-0.25, -0.2) is 0 Å². The molecule has 0 saturated heterocycles. The lowest BCUT2D eigenvalue weighted by Crippen LogP contribution is -2.18. The smallest absolute Gasteiger partial charge is 0.172 e. The average molecular weight is 321 g/mol. The van der Waals surface area contributed by atoms with Crippen LogP contribution in [0, 0.1) is 5.92 Å². The number of carbonyl (C=O) groups is 1. The lowest BCUT2D eigenvalue weighted by Gasteiger charge is -2.12. The van der Waals surface area contributed by atoms with Crippen molar-refractivity contribution in [1.29, 1.82) is 0 Å². The van der Waals surface area contributed by atoms with Crippen LogP contribution in [0.25, 0.3) is 10.8 Å². The Morgan fingerprint density at radius 3 is 2.74 bits per heavy atom. The van der Waals surface area contributed by atoms with Crippen LogP contribution in [0.15, 0.2) is 40.9 Å². The minimum atomic E-state index is 0.0548. The quantitative estimate of drug-likeness (QED) is 0.805. The number of hydrogen-bond acceptors (Lipinski definition) is 2. The maximum Gasteiger partial charge on any atom is 0.172 e. The third kappa shape index (κ3) is 3.16. The van der Waals surface area contributed by atoms with E-state index in [0.717, 1.165) is 27.4 Å². The maximum atomic E-state index is 11.8. The van der Waals surface area contributed by atoms with Crippen LogP contribution in [-0.4, -0.2) is 12.4 Å². The summed E-state index contributed by atoms with van der Waals surface area (Å²) >= 11 is 3.55. The topological polar surface area (TPSA) is 26.3 Å². The van der Waals surface area contributed by atoms with Crippen LogP contribution in [0.3, 0.4) is 0 Å². The van der Waals surface area contributed by atoms with Crippen molar-refractivity contribution in [3.05, 3.63) is 40.9 Å². The molecule has 0 bridgehead atoms. The van der Waals surface area contributed by atoms with Gasteiger partial charge in [0.2, 0.25) is 0 Å². The molecule has 3 heteroatoms. The number of hydrogen-bond donors (Lipinski definition) is 0. The first-order valence-corrected chi connectivity index (χ1v) is 7.25. The maximum absolute atomic E-state index is 11.8. The Morgan fingerprint density at radius 1 is 1.26 bits per heavy atom. The highest BCUT2D eigenvalue weighted by atomic mass is 79.9. The van der Waals surface area contributed by atoms with Crippen molar-refractivity contribution in [2.75, 3.05) is 6.61 Å². The zero-order chi connectivity index (χ0) is 13.8. The number of carbonyl (C=O) groups excluding carboxylic acids is 1. The number of fused-ring (bicyclic) bond motifs is 1. The standard InChI is InChI=1S/C16H17BrO2/c1-3-11(2)14(18)10-19-15-9-8-12-6-4-5-7-13(12)16(15)17/h4-9,11H,3,10H2,1-2H3. The van der Waals surface area contributed by atoms with Crippen molar-refractivity contribution in [3.8, 4) is 5.75 Å². The van der Waals surface area contributed by atoms with Crippen molar-refractivity contribution in [3.63, 3.8) is 0 Å². The highest BCUT2D eigenvalue weighted by molar-refractivity contribution is 9.10. The largest absolute Gasteiger partial charge is 0.485 e. The highest BCUT2D eigenvalue weighted by Crippen LogP contribution is 2.33. The Hall–Kier alpha value is -1.35. The van der Waals surface area contributed by atoms with Crippen molar-refractivity contribution < 1.29 is 9.53 Å². The predicted molar refractivity (Wildman–Crippen MR) is 81.6 cm³/mol.